The molecule has 2 unspecified atom stereocenters. The minimum atomic E-state index is -5.08. The summed E-state index contributed by atoms with van der Waals surface area (Å²) in [5, 5.41) is 7.12. The molecule has 6 nitrogen and oxygen atoms in total. The molecule has 0 saturated carbocycles. The third-order valence-electron chi connectivity index (χ3n) is 4.92. The summed E-state index contributed by atoms with van der Waals surface area (Å²) in [4.78, 5) is 11.4. The van der Waals surface area contributed by atoms with Crippen LogP contribution in [-0.4, -0.2) is 61.2 Å². The van der Waals surface area contributed by atoms with E-state index in [0.717, 1.165) is 45.7 Å². The van der Waals surface area contributed by atoms with Crippen molar-refractivity contribution in [3.63, 3.8) is 0 Å². The molecule has 0 spiro atoms. The van der Waals surface area contributed by atoms with E-state index < -0.39 is 12.1 Å². The maximum atomic E-state index is 10.6. The van der Waals surface area contributed by atoms with E-state index in [1.165, 1.54) is 12.0 Å². The third-order valence-corrected chi connectivity index (χ3v) is 4.92. The second kappa shape index (κ2) is 10.1. The fourth-order valence-corrected chi connectivity index (χ4v) is 3.71. The van der Waals surface area contributed by atoms with E-state index in [1.807, 2.05) is 18.4 Å². The zero-order valence-electron chi connectivity index (χ0n) is 15.6. The molecule has 0 bridgehead atoms. The van der Waals surface area contributed by atoms with Gasteiger partial charge in [-0.1, -0.05) is 6.08 Å². The Labute approximate surface area is 161 Å². The molecule has 1 N–H and O–H groups in total. The first-order valence-corrected chi connectivity index (χ1v) is 9.10. The average molecular weight is 405 g/mol. The SMILES string of the molecule is C=CCOCC12CCCOC1CCN(Cc1ccoc1)C2.O=C(O)C(F)(F)F. The van der Waals surface area contributed by atoms with E-state index in [0.29, 0.717) is 12.7 Å². The highest BCUT2D eigenvalue weighted by atomic mass is 19.4. The first-order valence-electron chi connectivity index (χ1n) is 9.10. The molecule has 2 aliphatic heterocycles. The molecule has 2 atom stereocenters. The summed E-state index contributed by atoms with van der Waals surface area (Å²) in [6.45, 7) is 9.10. The second-order valence-corrected chi connectivity index (χ2v) is 7.06. The summed E-state index contributed by atoms with van der Waals surface area (Å²) in [6, 6.07) is 2.05. The number of aliphatic carboxylic acids is 1. The maximum Gasteiger partial charge on any atom is 0.490 e. The molecule has 0 amide bonds. The fraction of sp³-hybridized carbons (Fsp3) is 0.632. The largest absolute Gasteiger partial charge is 0.490 e. The van der Waals surface area contributed by atoms with Crippen LogP contribution in [0.3, 0.4) is 0 Å². The monoisotopic (exact) mass is 405 g/mol. The number of piperidine rings is 1. The zero-order valence-corrected chi connectivity index (χ0v) is 15.6. The number of carboxylic acid groups (broad SMARTS) is 1. The topological polar surface area (TPSA) is 72.1 Å². The number of carboxylic acids is 1. The van der Waals surface area contributed by atoms with Crippen molar-refractivity contribution in [2.45, 2.75) is 38.1 Å². The van der Waals surface area contributed by atoms with Gasteiger partial charge in [-0.3, -0.25) is 4.90 Å². The van der Waals surface area contributed by atoms with Crippen LogP contribution in [0.5, 0.6) is 0 Å². The summed E-state index contributed by atoms with van der Waals surface area (Å²) in [5.74, 6) is -2.76. The normalized spacial score (nSPS) is 25.3. The quantitative estimate of drug-likeness (QED) is 0.577. The van der Waals surface area contributed by atoms with Crippen LogP contribution >= 0.6 is 0 Å². The number of rotatable bonds is 6. The lowest BCUT2D eigenvalue weighted by molar-refractivity contribution is -0.192. The minimum Gasteiger partial charge on any atom is -0.475 e. The third kappa shape index (κ3) is 6.35. The Kier molecular flexibility index (Phi) is 8.09. The van der Waals surface area contributed by atoms with Crippen molar-refractivity contribution in [1.82, 2.24) is 4.90 Å². The van der Waals surface area contributed by atoms with Crippen molar-refractivity contribution in [2.75, 3.05) is 32.9 Å². The highest BCUT2D eigenvalue weighted by Crippen LogP contribution is 2.40. The van der Waals surface area contributed by atoms with Crippen LogP contribution in [0, 0.1) is 5.41 Å². The van der Waals surface area contributed by atoms with Crippen LogP contribution in [0.4, 0.5) is 13.2 Å². The number of likely N-dealkylation sites (tertiary alicyclic amines) is 1. The van der Waals surface area contributed by atoms with Gasteiger partial charge in [-0.15, -0.1) is 6.58 Å². The lowest BCUT2D eigenvalue weighted by Crippen LogP contribution is -2.56. The number of carbonyl (C=O) groups is 1. The summed E-state index contributed by atoms with van der Waals surface area (Å²) in [5.41, 5.74) is 1.39. The maximum absolute atomic E-state index is 10.6. The first kappa shape index (κ1) is 22.4. The smallest absolute Gasteiger partial charge is 0.475 e. The number of hydrogen-bond acceptors (Lipinski definition) is 5. The summed E-state index contributed by atoms with van der Waals surface area (Å²) in [7, 11) is 0. The Hall–Kier alpha value is -1.84. The van der Waals surface area contributed by atoms with Crippen molar-refractivity contribution in [3.05, 3.63) is 36.8 Å². The molecule has 2 saturated heterocycles. The van der Waals surface area contributed by atoms with Crippen LogP contribution in [0.1, 0.15) is 24.8 Å². The molecule has 2 aliphatic rings. The minimum absolute atomic E-state index is 0.142. The van der Waals surface area contributed by atoms with Gasteiger partial charge in [0.1, 0.15) is 0 Å². The summed E-state index contributed by atoms with van der Waals surface area (Å²) < 4.78 is 48.8. The standard InChI is InChI=1S/C17H25NO3.C2HF3O2/c1-2-8-20-14-17-6-3-9-21-16(17)4-7-18(13-17)11-15-5-10-19-12-15;3-2(4,5)1(6)7/h2,5,10,12,16H,1,3-4,6-9,11,13-14H2;(H,6,7). The van der Waals surface area contributed by atoms with Gasteiger partial charge in [0, 0.05) is 37.2 Å². The van der Waals surface area contributed by atoms with Crippen molar-refractivity contribution in [3.8, 4) is 0 Å². The highest BCUT2D eigenvalue weighted by Gasteiger charge is 2.46. The highest BCUT2D eigenvalue weighted by molar-refractivity contribution is 5.73. The summed E-state index contributed by atoms with van der Waals surface area (Å²) >= 11 is 0. The Balaban J connectivity index is 0.000000345. The second-order valence-electron chi connectivity index (χ2n) is 7.06. The van der Waals surface area contributed by atoms with Gasteiger partial charge in [0.25, 0.3) is 0 Å². The average Bonchev–Trinajstić information content (AvgIpc) is 3.14. The number of ether oxygens (including phenoxy) is 2. The number of halogens is 3. The Morgan fingerprint density at radius 1 is 1.50 bits per heavy atom. The van der Waals surface area contributed by atoms with Gasteiger partial charge in [-0.2, -0.15) is 13.2 Å². The van der Waals surface area contributed by atoms with Gasteiger partial charge < -0.3 is 19.0 Å². The number of nitrogens with zero attached hydrogens (tertiary/aromatic N) is 1. The van der Waals surface area contributed by atoms with Gasteiger partial charge in [-0.05, 0) is 25.3 Å². The molecule has 1 aromatic heterocycles. The predicted molar refractivity (Wildman–Crippen MR) is 94.7 cm³/mol. The van der Waals surface area contributed by atoms with Gasteiger partial charge in [-0.25, -0.2) is 4.79 Å². The molecule has 158 valence electrons. The van der Waals surface area contributed by atoms with E-state index in [1.54, 1.807) is 6.26 Å². The van der Waals surface area contributed by atoms with E-state index in [2.05, 4.69) is 11.5 Å². The van der Waals surface area contributed by atoms with Gasteiger partial charge in [0.05, 0.1) is 31.8 Å². The molecule has 0 aromatic carbocycles. The van der Waals surface area contributed by atoms with E-state index in [9.17, 15) is 13.2 Å². The lowest BCUT2D eigenvalue weighted by atomic mass is 9.73. The van der Waals surface area contributed by atoms with Gasteiger partial charge >= 0.3 is 12.1 Å². The zero-order chi connectivity index (χ0) is 20.6. The first-order chi connectivity index (χ1) is 13.3. The summed E-state index contributed by atoms with van der Waals surface area (Å²) in [6.07, 6.45) is 4.08. The molecule has 0 radical (unpaired) electrons. The molecular weight excluding hydrogens is 379 g/mol. The number of hydrogen-bond donors (Lipinski definition) is 1. The molecule has 2 fully saturated rings. The van der Waals surface area contributed by atoms with Crippen LogP contribution in [0.2, 0.25) is 0 Å². The molecule has 28 heavy (non-hydrogen) atoms. The molecular formula is C19H26F3NO5. The molecule has 0 aliphatic carbocycles. The van der Waals surface area contributed by atoms with Crippen LogP contribution in [0.15, 0.2) is 35.7 Å². The number of furan rings is 1. The van der Waals surface area contributed by atoms with Crippen molar-refractivity contribution in [2.24, 2.45) is 5.41 Å². The number of fused-ring (bicyclic) bond motifs is 1. The number of alkyl halides is 3. The predicted octanol–water partition coefficient (Wildman–Crippen LogP) is 3.49. The van der Waals surface area contributed by atoms with E-state index >= 15 is 0 Å². The van der Waals surface area contributed by atoms with Gasteiger partial charge in [0.2, 0.25) is 0 Å². The van der Waals surface area contributed by atoms with Crippen molar-refractivity contribution in [1.29, 1.82) is 0 Å². The Morgan fingerprint density at radius 3 is 2.86 bits per heavy atom. The van der Waals surface area contributed by atoms with E-state index in [4.69, 9.17) is 23.8 Å². The van der Waals surface area contributed by atoms with Crippen molar-refractivity contribution < 1.29 is 37.0 Å². The Morgan fingerprint density at radius 2 is 2.25 bits per heavy atom. The molecule has 3 rings (SSSR count). The van der Waals surface area contributed by atoms with Crippen LogP contribution in [-0.2, 0) is 20.8 Å². The van der Waals surface area contributed by atoms with E-state index in [-0.39, 0.29) is 5.41 Å². The van der Waals surface area contributed by atoms with Crippen LogP contribution in [0.25, 0.3) is 0 Å². The molecule has 1 aromatic rings. The lowest BCUT2D eigenvalue weighted by Gasteiger charge is -2.50. The molecule has 9 heteroatoms. The molecule has 3 heterocycles. The fourth-order valence-electron chi connectivity index (χ4n) is 3.71. The Bertz CT molecular complexity index is 620. The van der Waals surface area contributed by atoms with Crippen LogP contribution < -0.4 is 0 Å². The van der Waals surface area contributed by atoms with Crippen molar-refractivity contribution >= 4 is 5.97 Å². The van der Waals surface area contributed by atoms with Gasteiger partial charge in [0.15, 0.2) is 0 Å².